The van der Waals surface area contributed by atoms with Crippen LogP contribution in [-0.2, 0) is 4.79 Å². The Bertz CT molecular complexity index is 670. The van der Waals surface area contributed by atoms with Crippen LogP contribution >= 0.6 is 11.6 Å². The fourth-order valence-corrected chi connectivity index (χ4v) is 3.04. The average molecular weight is 329 g/mol. The highest BCUT2D eigenvalue weighted by atomic mass is 35.5. The van der Waals surface area contributed by atoms with Gasteiger partial charge in [-0.25, -0.2) is 0 Å². The predicted octanol–water partition coefficient (Wildman–Crippen LogP) is 3.40. The van der Waals surface area contributed by atoms with Gasteiger partial charge in [-0.1, -0.05) is 61.0 Å². The van der Waals surface area contributed by atoms with Gasteiger partial charge in [-0.15, -0.1) is 0 Å². The lowest BCUT2D eigenvalue weighted by molar-refractivity contribution is -0.127. The van der Waals surface area contributed by atoms with E-state index < -0.39 is 0 Å². The molecule has 120 valence electrons. The van der Waals surface area contributed by atoms with Crippen LogP contribution in [0.1, 0.15) is 24.1 Å². The molecule has 2 aromatic rings. The maximum absolute atomic E-state index is 12.6. The van der Waals surface area contributed by atoms with Gasteiger partial charge in [-0.2, -0.15) is 0 Å². The minimum absolute atomic E-state index is 0.00152. The molecule has 23 heavy (non-hydrogen) atoms. The quantitative estimate of drug-likeness (QED) is 0.883. The van der Waals surface area contributed by atoms with Gasteiger partial charge in [0.2, 0.25) is 5.91 Å². The second kappa shape index (κ2) is 7.16. The van der Waals surface area contributed by atoms with Crippen molar-refractivity contribution in [2.45, 2.75) is 13.0 Å². The maximum Gasteiger partial charge on any atom is 0.223 e. The molecule has 0 spiro atoms. The van der Waals surface area contributed by atoms with Gasteiger partial charge in [0.25, 0.3) is 0 Å². The lowest BCUT2D eigenvalue weighted by Gasteiger charge is -2.33. The second-order valence-corrected chi connectivity index (χ2v) is 6.55. The molecule has 2 aromatic carbocycles. The Morgan fingerprint density at radius 3 is 2.43 bits per heavy atom. The topological polar surface area (TPSA) is 41.1 Å². The summed E-state index contributed by atoms with van der Waals surface area (Å²) in [7, 11) is 0. The molecule has 0 aliphatic carbocycles. The first kappa shape index (κ1) is 16.0. The van der Waals surface area contributed by atoms with E-state index in [1.54, 1.807) is 0 Å². The van der Waals surface area contributed by atoms with Crippen LogP contribution in [0.2, 0.25) is 5.02 Å². The SMILES string of the molecule is CC(C(=O)NC(c1ccccc1)c1cccc(Cl)c1)C1CNC1. The van der Waals surface area contributed by atoms with Crippen LogP contribution in [0.25, 0.3) is 0 Å². The molecule has 4 heteroatoms. The standard InChI is InChI=1S/C19H21ClN2O/c1-13(16-11-21-12-16)19(23)22-18(14-6-3-2-4-7-14)15-8-5-9-17(20)10-15/h2-10,13,16,18,21H,11-12H2,1H3,(H,22,23). The van der Waals surface area contributed by atoms with Crippen molar-refractivity contribution < 1.29 is 4.79 Å². The molecule has 1 aliphatic heterocycles. The zero-order valence-electron chi connectivity index (χ0n) is 13.1. The van der Waals surface area contributed by atoms with Gasteiger partial charge < -0.3 is 10.6 Å². The van der Waals surface area contributed by atoms with E-state index >= 15 is 0 Å². The van der Waals surface area contributed by atoms with Crippen molar-refractivity contribution in [1.82, 2.24) is 10.6 Å². The lowest BCUT2D eigenvalue weighted by Crippen LogP contribution is -2.50. The number of halogens is 1. The monoisotopic (exact) mass is 328 g/mol. The van der Waals surface area contributed by atoms with E-state index in [4.69, 9.17) is 11.6 Å². The van der Waals surface area contributed by atoms with Crippen LogP contribution in [0.3, 0.4) is 0 Å². The fraction of sp³-hybridized carbons (Fsp3) is 0.316. The number of hydrogen-bond acceptors (Lipinski definition) is 2. The summed E-state index contributed by atoms with van der Waals surface area (Å²) in [4.78, 5) is 12.6. The molecular weight excluding hydrogens is 308 g/mol. The smallest absolute Gasteiger partial charge is 0.223 e. The molecule has 1 amide bonds. The fourth-order valence-electron chi connectivity index (χ4n) is 2.84. The Labute approximate surface area is 142 Å². The largest absolute Gasteiger partial charge is 0.345 e. The van der Waals surface area contributed by atoms with Crippen molar-refractivity contribution in [2.75, 3.05) is 13.1 Å². The van der Waals surface area contributed by atoms with Gasteiger partial charge in [0.15, 0.2) is 0 Å². The van der Waals surface area contributed by atoms with Crippen LogP contribution in [0.5, 0.6) is 0 Å². The molecule has 0 bridgehead atoms. The van der Waals surface area contributed by atoms with Gasteiger partial charge >= 0.3 is 0 Å². The third kappa shape index (κ3) is 3.74. The molecule has 3 nitrogen and oxygen atoms in total. The van der Waals surface area contributed by atoms with Crippen molar-refractivity contribution in [3.05, 3.63) is 70.7 Å². The maximum atomic E-state index is 12.6. The average Bonchev–Trinajstić information content (AvgIpc) is 2.51. The van der Waals surface area contributed by atoms with E-state index in [0.717, 1.165) is 24.2 Å². The molecule has 2 N–H and O–H groups in total. The van der Waals surface area contributed by atoms with E-state index in [1.807, 2.05) is 61.5 Å². The number of benzene rings is 2. The van der Waals surface area contributed by atoms with Crippen molar-refractivity contribution in [2.24, 2.45) is 11.8 Å². The highest BCUT2D eigenvalue weighted by Gasteiger charge is 2.30. The van der Waals surface area contributed by atoms with E-state index in [1.165, 1.54) is 0 Å². The Hall–Kier alpha value is -1.84. The summed E-state index contributed by atoms with van der Waals surface area (Å²) in [5, 5.41) is 7.10. The molecule has 2 atom stereocenters. The molecular formula is C19H21ClN2O. The lowest BCUT2D eigenvalue weighted by atomic mass is 9.87. The molecule has 0 aromatic heterocycles. The number of amides is 1. The number of hydrogen-bond donors (Lipinski definition) is 2. The van der Waals surface area contributed by atoms with Crippen molar-refractivity contribution >= 4 is 17.5 Å². The third-order valence-electron chi connectivity index (χ3n) is 4.54. The molecule has 1 fully saturated rings. The van der Waals surface area contributed by atoms with Gasteiger partial charge in [-0.05, 0) is 42.3 Å². The number of rotatable bonds is 5. The first-order valence-electron chi connectivity index (χ1n) is 7.96. The number of carbonyl (C=O) groups is 1. The molecule has 0 radical (unpaired) electrons. The van der Waals surface area contributed by atoms with E-state index in [9.17, 15) is 4.79 Å². The highest BCUT2D eigenvalue weighted by molar-refractivity contribution is 6.30. The van der Waals surface area contributed by atoms with Gasteiger partial charge in [0, 0.05) is 10.9 Å². The summed E-state index contributed by atoms with van der Waals surface area (Å²) in [5.74, 6) is 0.512. The zero-order chi connectivity index (χ0) is 16.2. The molecule has 3 rings (SSSR count). The predicted molar refractivity (Wildman–Crippen MR) is 93.4 cm³/mol. The van der Waals surface area contributed by atoms with E-state index in [2.05, 4.69) is 10.6 Å². The summed E-state index contributed by atoms with van der Waals surface area (Å²) in [6.07, 6.45) is 0. The minimum Gasteiger partial charge on any atom is -0.345 e. The summed E-state index contributed by atoms with van der Waals surface area (Å²) >= 11 is 6.14. The first-order valence-corrected chi connectivity index (χ1v) is 8.34. The summed E-state index contributed by atoms with van der Waals surface area (Å²) in [6.45, 7) is 3.84. The molecule has 2 unspecified atom stereocenters. The van der Waals surface area contributed by atoms with Crippen molar-refractivity contribution in [1.29, 1.82) is 0 Å². The second-order valence-electron chi connectivity index (χ2n) is 6.11. The Kier molecular flexibility index (Phi) is 4.99. The van der Waals surface area contributed by atoms with Crippen LogP contribution < -0.4 is 10.6 Å². The summed E-state index contributed by atoms with van der Waals surface area (Å²) in [6, 6.07) is 17.5. The van der Waals surface area contributed by atoms with Crippen LogP contribution in [0, 0.1) is 11.8 Å². The van der Waals surface area contributed by atoms with Gasteiger partial charge in [-0.3, -0.25) is 4.79 Å². The normalized spacial score (nSPS) is 17.1. The highest BCUT2D eigenvalue weighted by Crippen LogP contribution is 2.26. The first-order chi connectivity index (χ1) is 11.1. The Morgan fingerprint density at radius 1 is 1.13 bits per heavy atom. The van der Waals surface area contributed by atoms with Crippen molar-refractivity contribution in [3.63, 3.8) is 0 Å². The van der Waals surface area contributed by atoms with Gasteiger partial charge in [0.1, 0.15) is 0 Å². The molecule has 1 heterocycles. The number of carbonyl (C=O) groups excluding carboxylic acids is 1. The zero-order valence-corrected chi connectivity index (χ0v) is 13.9. The number of nitrogens with one attached hydrogen (secondary N) is 2. The minimum atomic E-state index is -0.183. The van der Waals surface area contributed by atoms with E-state index in [-0.39, 0.29) is 17.9 Å². The third-order valence-corrected chi connectivity index (χ3v) is 4.77. The molecule has 1 aliphatic rings. The van der Waals surface area contributed by atoms with Crippen LogP contribution in [0.4, 0.5) is 0 Å². The van der Waals surface area contributed by atoms with Crippen LogP contribution in [-0.4, -0.2) is 19.0 Å². The molecule has 0 saturated carbocycles. The van der Waals surface area contributed by atoms with Gasteiger partial charge in [0.05, 0.1) is 6.04 Å². The molecule has 1 saturated heterocycles. The van der Waals surface area contributed by atoms with E-state index in [0.29, 0.717) is 10.9 Å². The summed E-state index contributed by atoms with van der Waals surface area (Å²) in [5.41, 5.74) is 2.05. The van der Waals surface area contributed by atoms with Crippen molar-refractivity contribution in [3.8, 4) is 0 Å². The van der Waals surface area contributed by atoms with Crippen LogP contribution in [0.15, 0.2) is 54.6 Å². The Balaban J connectivity index is 1.85. The Morgan fingerprint density at radius 2 is 1.83 bits per heavy atom. The summed E-state index contributed by atoms with van der Waals surface area (Å²) < 4.78 is 0.